The Labute approximate surface area is 79.6 Å². The standard InChI is InChI=1S/C11H16N2/c1-5-8-9-10(6-2)12-13(4)11(9)7-3/h5-6,8H,2,7H2,1,3-4H3/b8-5-. The summed E-state index contributed by atoms with van der Waals surface area (Å²) in [5, 5.41) is 4.37. The number of aryl methyl sites for hydroxylation is 1. The minimum Gasteiger partial charge on any atom is -0.271 e. The fourth-order valence-corrected chi connectivity index (χ4v) is 1.52. The molecule has 0 radical (unpaired) electrons. The zero-order valence-electron chi connectivity index (χ0n) is 8.54. The van der Waals surface area contributed by atoms with Crippen molar-refractivity contribution in [2.45, 2.75) is 20.3 Å². The zero-order chi connectivity index (χ0) is 9.84. The Morgan fingerprint density at radius 1 is 1.54 bits per heavy atom. The van der Waals surface area contributed by atoms with E-state index in [-0.39, 0.29) is 0 Å². The van der Waals surface area contributed by atoms with Gasteiger partial charge in [0.25, 0.3) is 0 Å². The topological polar surface area (TPSA) is 17.8 Å². The van der Waals surface area contributed by atoms with Crippen LogP contribution in [0.25, 0.3) is 12.2 Å². The van der Waals surface area contributed by atoms with Crippen LogP contribution in [0.3, 0.4) is 0 Å². The van der Waals surface area contributed by atoms with Crippen molar-refractivity contribution in [2.24, 2.45) is 7.05 Å². The van der Waals surface area contributed by atoms with Crippen molar-refractivity contribution in [3.63, 3.8) is 0 Å². The average molecular weight is 176 g/mol. The summed E-state index contributed by atoms with van der Waals surface area (Å²) in [5.74, 6) is 0. The third kappa shape index (κ3) is 1.72. The molecule has 1 heterocycles. The van der Waals surface area contributed by atoms with Crippen LogP contribution in [0.15, 0.2) is 12.7 Å². The first-order chi connectivity index (χ1) is 6.24. The van der Waals surface area contributed by atoms with Crippen LogP contribution in [0.2, 0.25) is 0 Å². The van der Waals surface area contributed by atoms with Gasteiger partial charge in [-0.05, 0) is 19.4 Å². The molecule has 0 atom stereocenters. The Hall–Kier alpha value is -1.31. The number of hydrogen-bond acceptors (Lipinski definition) is 1. The minimum atomic E-state index is 0.970. The number of aromatic nitrogens is 2. The maximum Gasteiger partial charge on any atom is 0.0920 e. The highest BCUT2D eigenvalue weighted by Gasteiger charge is 2.08. The van der Waals surface area contributed by atoms with Gasteiger partial charge in [-0.1, -0.05) is 25.7 Å². The quantitative estimate of drug-likeness (QED) is 0.692. The second-order valence-electron chi connectivity index (χ2n) is 2.93. The molecule has 0 saturated heterocycles. The first kappa shape index (κ1) is 9.78. The third-order valence-corrected chi connectivity index (χ3v) is 2.10. The van der Waals surface area contributed by atoms with E-state index in [1.165, 1.54) is 11.3 Å². The van der Waals surface area contributed by atoms with Crippen LogP contribution in [0.4, 0.5) is 0 Å². The largest absolute Gasteiger partial charge is 0.271 e. The van der Waals surface area contributed by atoms with Gasteiger partial charge in [0, 0.05) is 18.3 Å². The molecule has 2 heteroatoms. The summed E-state index contributed by atoms with van der Waals surface area (Å²) in [6.45, 7) is 7.90. The lowest BCUT2D eigenvalue weighted by Crippen LogP contribution is -1.96. The van der Waals surface area contributed by atoms with Gasteiger partial charge in [0.2, 0.25) is 0 Å². The summed E-state index contributed by atoms with van der Waals surface area (Å²) in [7, 11) is 1.97. The van der Waals surface area contributed by atoms with Crippen molar-refractivity contribution in [3.05, 3.63) is 29.6 Å². The fraction of sp³-hybridized carbons (Fsp3) is 0.364. The molecule has 0 fully saturated rings. The van der Waals surface area contributed by atoms with E-state index in [2.05, 4.69) is 24.7 Å². The highest BCUT2D eigenvalue weighted by atomic mass is 15.3. The minimum absolute atomic E-state index is 0.970. The van der Waals surface area contributed by atoms with E-state index in [4.69, 9.17) is 0 Å². The SMILES string of the molecule is C=Cc1nn(C)c(CC)c1/C=C\C. The molecule has 0 unspecified atom stereocenters. The summed E-state index contributed by atoms with van der Waals surface area (Å²) in [6, 6.07) is 0. The maximum atomic E-state index is 4.37. The van der Waals surface area contributed by atoms with Crippen molar-refractivity contribution in [3.8, 4) is 0 Å². The van der Waals surface area contributed by atoms with E-state index >= 15 is 0 Å². The molecule has 13 heavy (non-hydrogen) atoms. The Balaban J connectivity index is 3.31. The number of rotatable bonds is 3. The van der Waals surface area contributed by atoms with Crippen molar-refractivity contribution in [1.82, 2.24) is 9.78 Å². The van der Waals surface area contributed by atoms with Crippen LogP contribution in [0.5, 0.6) is 0 Å². The molecule has 0 aromatic carbocycles. The van der Waals surface area contributed by atoms with E-state index in [1.54, 1.807) is 6.08 Å². The van der Waals surface area contributed by atoms with Crippen LogP contribution in [-0.4, -0.2) is 9.78 Å². The molecule has 70 valence electrons. The van der Waals surface area contributed by atoms with E-state index in [0.717, 1.165) is 12.1 Å². The molecular weight excluding hydrogens is 160 g/mol. The number of hydrogen-bond donors (Lipinski definition) is 0. The zero-order valence-corrected chi connectivity index (χ0v) is 8.54. The van der Waals surface area contributed by atoms with Gasteiger partial charge in [0.05, 0.1) is 5.69 Å². The normalized spacial score (nSPS) is 11.0. The lowest BCUT2D eigenvalue weighted by molar-refractivity contribution is 0.716. The molecule has 0 bridgehead atoms. The number of nitrogens with zero attached hydrogens (tertiary/aromatic N) is 2. The van der Waals surface area contributed by atoms with Gasteiger partial charge in [-0.3, -0.25) is 4.68 Å². The van der Waals surface area contributed by atoms with Crippen molar-refractivity contribution < 1.29 is 0 Å². The molecule has 1 rings (SSSR count). The van der Waals surface area contributed by atoms with Gasteiger partial charge in [-0.15, -0.1) is 0 Å². The van der Waals surface area contributed by atoms with Gasteiger partial charge < -0.3 is 0 Å². The lowest BCUT2D eigenvalue weighted by Gasteiger charge is -1.97. The molecule has 0 amide bonds. The van der Waals surface area contributed by atoms with Crippen LogP contribution >= 0.6 is 0 Å². The average Bonchev–Trinajstić information content (AvgIpc) is 2.43. The summed E-state index contributed by atoms with van der Waals surface area (Å²) >= 11 is 0. The van der Waals surface area contributed by atoms with E-state index in [1.807, 2.05) is 24.7 Å². The maximum absolute atomic E-state index is 4.37. The van der Waals surface area contributed by atoms with E-state index in [9.17, 15) is 0 Å². The molecular formula is C11H16N2. The van der Waals surface area contributed by atoms with Crippen molar-refractivity contribution >= 4 is 12.2 Å². The second-order valence-corrected chi connectivity index (χ2v) is 2.93. The molecule has 1 aromatic heterocycles. The number of allylic oxidation sites excluding steroid dienone is 1. The molecule has 0 N–H and O–H groups in total. The molecule has 0 spiro atoms. The predicted molar refractivity (Wildman–Crippen MR) is 57.4 cm³/mol. The van der Waals surface area contributed by atoms with Crippen molar-refractivity contribution in [1.29, 1.82) is 0 Å². The molecule has 1 aromatic rings. The lowest BCUT2D eigenvalue weighted by atomic mass is 10.1. The van der Waals surface area contributed by atoms with Gasteiger partial charge in [0.15, 0.2) is 0 Å². The monoisotopic (exact) mass is 176 g/mol. The summed E-state index contributed by atoms with van der Waals surface area (Å²) in [4.78, 5) is 0. The van der Waals surface area contributed by atoms with Gasteiger partial charge in [-0.2, -0.15) is 5.10 Å². The fourth-order valence-electron chi connectivity index (χ4n) is 1.52. The van der Waals surface area contributed by atoms with Gasteiger partial charge >= 0.3 is 0 Å². The van der Waals surface area contributed by atoms with Crippen LogP contribution in [0, 0.1) is 0 Å². The first-order valence-corrected chi connectivity index (χ1v) is 4.55. The molecule has 0 saturated carbocycles. The van der Waals surface area contributed by atoms with E-state index in [0.29, 0.717) is 0 Å². The van der Waals surface area contributed by atoms with Crippen LogP contribution in [-0.2, 0) is 13.5 Å². The Bertz CT molecular complexity index is 332. The van der Waals surface area contributed by atoms with Crippen molar-refractivity contribution in [2.75, 3.05) is 0 Å². The molecule has 0 aliphatic heterocycles. The summed E-state index contributed by atoms with van der Waals surface area (Å²) in [6.07, 6.45) is 6.91. The molecule has 0 aliphatic carbocycles. The molecule has 0 aliphatic rings. The third-order valence-electron chi connectivity index (χ3n) is 2.10. The Morgan fingerprint density at radius 3 is 2.69 bits per heavy atom. The first-order valence-electron chi connectivity index (χ1n) is 4.55. The Morgan fingerprint density at radius 2 is 2.23 bits per heavy atom. The second kappa shape index (κ2) is 4.08. The van der Waals surface area contributed by atoms with Crippen LogP contribution < -0.4 is 0 Å². The summed E-state index contributed by atoms with van der Waals surface area (Å²) < 4.78 is 1.92. The Kier molecular flexibility index (Phi) is 3.07. The van der Waals surface area contributed by atoms with E-state index < -0.39 is 0 Å². The molecule has 2 nitrogen and oxygen atoms in total. The summed E-state index contributed by atoms with van der Waals surface area (Å²) in [5.41, 5.74) is 3.42. The van der Waals surface area contributed by atoms with Gasteiger partial charge in [-0.25, -0.2) is 0 Å². The highest BCUT2D eigenvalue weighted by Crippen LogP contribution is 2.17. The predicted octanol–water partition coefficient (Wildman–Crippen LogP) is 2.66. The van der Waals surface area contributed by atoms with Gasteiger partial charge in [0.1, 0.15) is 0 Å². The van der Waals surface area contributed by atoms with Crippen LogP contribution in [0.1, 0.15) is 30.8 Å². The highest BCUT2D eigenvalue weighted by molar-refractivity contribution is 5.63. The smallest absolute Gasteiger partial charge is 0.0920 e.